The van der Waals surface area contributed by atoms with E-state index in [1.807, 2.05) is 32.0 Å². The third-order valence-electron chi connectivity index (χ3n) is 6.54. The summed E-state index contributed by atoms with van der Waals surface area (Å²) in [7, 11) is 0. The van der Waals surface area contributed by atoms with Crippen LogP contribution in [0.2, 0.25) is 0 Å². The topological polar surface area (TPSA) is 79.7 Å². The standard InChI is InChI=1S/C28H21FN2O4S/c1-14-3-9-20-22(11-14)36-28(30-20)31-24(16-4-7-19(29)8-5-16)23(26(33)27(31)34)25(32)17-6-10-21-18(13-17)12-15(2)35-21/h3-11,13,15,24,32H,12H2,1-2H3/b25-23+. The summed E-state index contributed by atoms with van der Waals surface area (Å²) in [5.41, 5.74) is 3.51. The minimum Gasteiger partial charge on any atom is -0.507 e. The molecular weight excluding hydrogens is 479 g/mol. The fraction of sp³-hybridized carbons (Fsp3) is 0.179. The summed E-state index contributed by atoms with van der Waals surface area (Å²) < 4.78 is 20.4. The van der Waals surface area contributed by atoms with Crippen LogP contribution in [0.25, 0.3) is 16.0 Å². The molecule has 3 aromatic carbocycles. The Kier molecular flexibility index (Phi) is 5.15. The number of ether oxygens (including phenoxy) is 1. The number of aromatic nitrogens is 1. The molecular formula is C28H21FN2O4S. The van der Waals surface area contributed by atoms with E-state index < -0.39 is 23.5 Å². The first-order valence-electron chi connectivity index (χ1n) is 11.5. The number of fused-ring (bicyclic) bond motifs is 2. The van der Waals surface area contributed by atoms with Crippen LogP contribution in [0.15, 0.2) is 66.2 Å². The van der Waals surface area contributed by atoms with E-state index in [9.17, 15) is 19.1 Å². The predicted octanol–water partition coefficient (Wildman–Crippen LogP) is 5.69. The first kappa shape index (κ1) is 22.4. The highest BCUT2D eigenvalue weighted by Gasteiger charge is 2.48. The molecule has 0 bridgehead atoms. The van der Waals surface area contributed by atoms with Crippen molar-refractivity contribution in [3.05, 3.63) is 94.3 Å². The van der Waals surface area contributed by atoms with Gasteiger partial charge in [0.25, 0.3) is 5.78 Å². The molecule has 0 radical (unpaired) electrons. The lowest BCUT2D eigenvalue weighted by molar-refractivity contribution is -0.132. The van der Waals surface area contributed by atoms with Crippen LogP contribution in [-0.2, 0) is 16.0 Å². The number of rotatable bonds is 3. The molecule has 8 heteroatoms. The van der Waals surface area contributed by atoms with Gasteiger partial charge in [-0.15, -0.1) is 0 Å². The van der Waals surface area contributed by atoms with Gasteiger partial charge in [0.05, 0.1) is 21.8 Å². The normalized spacial score (nSPS) is 20.7. The van der Waals surface area contributed by atoms with Gasteiger partial charge in [-0.2, -0.15) is 0 Å². The van der Waals surface area contributed by atoms with Crippen LogP contribution in [0.5, 0.6) is 5.75 Å². The molecule has 1 N–H and O–H groups in total. The Morgan fingerprint density at radius 3 is 2.67 bits per heavy atom. The zero-order valence-corrected chi connectivity index (χ0v) is 20.3. The minimum absolute atomic E-state index is 0.0184. The summed E-state index contributed by atoms with van der Waals surface area (Å²) in [5, 5.41) is 11.7. The number of aryl methyl sites for hydroxylation is 1. The Hall–Kier alpha value is -4.04. The molecule has 0 aliphatic carbocycles. The lowest BCUT2D eigenvalue weighted by atomic mass is 9.94. The number of hydrogen-bond acceptors (Lipinski definition) is 6. The number of carbonyl (C=O) groups is 2. The number of halogens is 1. The number of carbonyl (C=O) groups excluding carboxylic acids is 2. The summed E-state index contributed by atoms with van der Waals surface area (Å²) in [6.45, 7) is 3.92. The van der Waals surface area contributed by atoms with Crippen LogP contribution >= 0.6 is 11.3 Å². The second-order valence-corrected chi connectivity index (χ2v) is 10.2. The Labute approximate surface area is 210 Å². The molecule has 6 nitrogen and oxygen atoms in total. The van der Waals surface area contributed by atoms with Gasteiger partial charge in [-0.3, -0.25) is 14.5 Å². The highest BCUT2D eigenvalue weighted by atomic mass is 32.1. The number of amides is 1. The molecule has 180 valence electrons. The van der Waals surface area contributed by atoms with E-state index in [1.54, 1.807) is 18.2 Å². The van der Waals surface area contributed by atoms with Gasteiger partial charge in [0.15, 0.2) is 5.13 Å². The van der Waals surface area contributed by atoms with Crippen molar-refractivity contribution in [3.8, 4) is 5.75 Å². The zero-order chi connectivity index (χ0) is 25.1. The van der Waals surface area contributed by atoms with Crippen molar-refractivity contribution >= 4 is 44.1 Å². The van der Waals surface area contributed by atoms with E-state index in [0.29, 0.717) is 28.2 Å². The van der Waals surface area contributed by atoms with E-state index in [4.69, 9.17) is 4.74 Å². The number of aliphatic hydroxyl groups is 1. The number of ketones is 1. The first-order valence-corrected chi connectivity index (χ1v) is 12.4. The SMILES string of the molecule is Cc1ccc2nc(N3C(=O)C(=O)/C(=C(/O)c4ccc5c(c4)CC(C)O5)C3c3ccc(F)cc3)sc2c1. The maximum Gasteiger partial charge on any atom is 0.301 e. The van der Waals surface area contributed by atoms with Crippen LogP contribution in [0.4, 0.5) is 9.52 Å². The molecule has 1 saturated heterocycles. The second-order valence-electron chi connectivity index (χ2n) is 9.14. The van der Waals surface area contributed by atoms with Gasteiger partial charge in [0.1, 0.15) is 23.4 Å². The molecule has 2 atom stereocenters. The Bertz CT molecular complexity index is 1590. The fourth-order valence-corrected chi connectivity index (χ4v) is 5.93. The van der Waals surface area contributed by atoms with E-state index in [0.717, 1.165) is 21.6 Å². The quantitative estimate of drug-likeness (QED) is 0.222. The zero-order valence-electron chi connectivity index (χ0n) is 19.5. The van der Waals surface area contributed by atoms with E-state index >= 15 is 0 Å². The molecule has 1 fully saturated rings. The summed E-state index contributed by atoms with van der Waals surface area (Å²) in [4.78, 5) is 32.7. The monoisotopic (exact) mass is 500 g/mol. The number of nitrogens with zero attached hydrogens (tertiary/aromatic N) is 2. The largest absolute Gasteiger partial charge is 0.507 e. The second kappa shape index (κ2) is 8.27. The van der Waals surface area contributed by atoms with Crippen LogP contribution < -0.4 is 9.64 Å². The molecule has 0 saturated carbocycles. The summed E-state index contributed by atoms with van der Waals surface area (Å²) in [6, 6.07) is 15.6. The summed E-state index contributed by atoms with van der Waals surface area (Å²) in [5.74, 6) is -1.61. The highest BCUT2D eigenvalue weighted by Crippen LogP contribution is 2.45. The molecule has 3 heterocycles. The average molecular weight is 501 g/mol. The van der Waals surface area contributed by atoms with E-state index in [2.05, 4.69) is 4.98 Å². The van der Waals surface area contributed by atoms with Gasteiger partial charge in [-0.25, -0.2) is 9.37 Å². The van der Waals surface area contributed by atoms with Crippen molar-refractivity contribution in [3.63, 3.8) is 0 Å². The third-order valence-corrected chi connectivity index (χ3v) is 7.56. The number of hydrogen-bond donors (Lipinski definition) is 1. The number of anilines is 1. The molecule has 2 aliphatic rings. The molecule has 2 aliphatic heterocycles. The minimum atomic E-state index is -0.962. The van der Waals surface area contributed by atoms with Gasteiger partial charge >= 0.3 is 5.91 Å². The van der Waals surface area contributed by atoms with Crippen LogP contribution in [-0.4, -0.2) is 27.9 Å². The van der Waals surface area contributed by atoms with Crippen LogP contribution in [0, 0.1) is 12.7 Å². The van der Waals surface area contributed by atoms with Gasteiger partial charge in [0.2, 0.25) is 0 Å². The predicted molar refractivity (Wildman–Crippen MR) is 136 cm³/mol. The highest BCUT2D eigenvalue weighted by molar-refractivity contribution is 7.22. The molecule has 2 unspecified atom stereocenters. The Balaban J connectivity index is 1.53. The lowest BCUT2D eigenvalue weighted by Crippen LogP contribution is -2.29. The molecule has 1 amide bonds. The maximum absolute atomic E-state index is 13.8. The van der Waals surface area contributed by atoms with E-state index in [-0.39, 0.29) is 17.4 Å². The lowest BCUT2D eigenvalue weighted by Gasteiger charge is -2.23. The third kappa shape index (κ3) is 3.56. The molecule has 1 aromatic heterocycles. The van der Waals surface area contributed by atoms with Gasteiger partial charge in [-0.05, 0) is 73.0 Å². The van der Waals surface area contributed by atoms with Crippen molar-refractivity contribution in [1.82, 2.24) is 4.98 Å². The van der Waals surface area contributed by atoms with Gasteiger partial charge in [-0.1, -0.05) is 29.5 Å². The molecule has 0 spiro atoms. The average Bonchev–Trinajstić information content (AvgIpc) is 3.51. The summed E-state index contributed by atoms with van der Waals surface area (Å²) >= 11 is 1.29. The van der Waals surface area contributed by atoms with Gasteiger partial charge in [0, 0.05) is 12.0 Å². The Morgan fingerprint density at radius 2 is 1.89 bits per heavy atom. The number of thiazole rings is 1. The van der Waals surface area contributed by atoms with Crippen molar-refractivity contribution in [1.29, 1.82) is 0 Å². The molecule has 36 heavy (non-hydrogen) atoms. The number of benzene rings is 3. The van der Waals surface area contributed by atoms with Crippen molar-refractivity contribution in [2.45, 2.75) is 32.4 Å². The fourth-order valence-electron chi connectivity index (χ4n) is 4.84. The summed E-state index contributed by atoms with van der Waals surface area (Å²) in [6.07, 6.45) is 0.696. The van der Waals surface area contributed by atoms with Crippen LogP contribution in [0.3, 0.4) is 0 Å². The van der Waals surface area contributed by atoms with Crippen molar-refractivity contribution in [2.75, 3.05) is 4.90 Å². The maximum atomic E-state index is 13.8. The first-order chi connectivity index (χ1) is 17.3. The van der Waals surface area contributed by atoms with Crippen molar-refractivity contribution < 1.29 is 23.8 Å². The smallest absolute Gasteiger partial charge is 0.301 e. The van der Waals surface area contributed by atoms with E-state index in [1.165, 1.54) is 40.5 Å². The number of aliphatic hydroxyl groups excluding tert-OH is 1. The molecule has 6 rings (SSSR count). The molecule has 4 aromatic rings. The van der Waals surface area contributed by atoms with Crippen LogP contribution in [0.1, 0.15) is 35.2 Å². The number of Topliss-reactive ketones (excluding diaryl/α,β-unsaturated/α-hetero) is 1. The van der Waals surface area contributed by atoms with Crippen molar-refractivity contribution in [2.24, 2.45) is 0 Å². The van der Waals surface area contributed by atoms with Gasteiger partial charge < -0.3 is 9.84 Å². The Morgan fingerprint density at radius 1 is 1.11 bits per heavy atom.